The maximum Gasteiger partial charge on any atom is 0.573 e. The summed E-state index contributed by atoms with van der Waals surface area (Å²) in [6.45, 7) is 1.31. The van der Waals surface area contributed by atoms with Gasteiger partial charge in [-0.3, -0.25) is 9.89 Å². The van der Waals surface area contributed by atoms with Gasteiger partial charge in [0.05, 0.1) is 0 Å². The van der Waals surface area contributed by atoms with Crippen LogP contribution in [-0.4, -0.2) is 41.0 Å². The number of hydrogen-bond acceptors (Lipinski definition) is 4. The number of para-hydroxylation sites is 1. The second-order valence-corrected chi connectivity index (χ2v) is 5.77. The van der Waals surface area contributed by atoms with Crippen molar-refractivity contribution in [3.63, 3.8) is 0 Å². The van der Waals surface area contributed by atoms with Crippen molar-refractivity contribution in [1.29, 1.82) is 0 Å². The standard InChI is InChI=1S/C16H17F3N4O2/c1-23(9-10-4-2-3-5-13(10)25-16(17,18)19)15(24)14-11-8-20-7-6-12(11)21-22-14/h2-5,20H,6-9H2,1H3,(H,21,22). The number of H-pyrrole nitrogens is 1. The number of aromatic amines is 1. The topological polar surface area (TPSA) is 70.2 Å². The largest absolute Gasteiger partial charge is 0.573 e. The molecule has 134 valence electrons. The smallest absolute Gasteiger partial charge is 0.405 e. The van der Waals surface area contributed by atoms with Crippen molar-refractivity contribution in [3.8, 4) is 5.75 Å². The Labute approximate surface area is 142 Å². The van der Waals surface area contributed by atoms with Gasteiger partial charge < -0.3 is 15.0 Å². The predicted octanol–water partition coefficient (Wildman–Crippen LogP) is 2.23. The van der Waals surface area contributed by atoms with Crippen molar-refractivity contribution in [1.82, 2.24) is 20.4 Å². The van der Waals surface area contributed by atoms with Gasteiger partial charge in [0.25, 0.3) is 5.91 Å². The molecule has 1 amide bonds. The molecule has 0 spiro atoms. The number of alkyl halides is 3. The number of nitrogens with one attached hydrogen (secondary N) is 2. The number of halogens is 3. The van der Waals surface area contributed by atoms with Crippen LogP contribution in [0, 0.1) is 0 Å². The number of rotatable bonds is 4. The zero-order valence-electron chi connectivity index (χ0n) is 13.5. The Hall–Kier alpha value is -2.55. The first-order chi connectivity index (χ1) is 11.8. The van der Waals surface area contributed by atoms with E-state index in [0.717, 1.165) is 24.2 Å². The van der Waals surface area contributed by atoms with E-state index in [0.29, 0.717) is 12.2 Å². The van der Waals surface area contributed by atoms with Crippen molar-refractivity contribution in [2.75, 3.05) is 13.6 Å². The number of aromatic nitrogens is 2. The van der Waals surface area contributed by atoms with E-state index in [-0.39, 0.29) is 23.8 Å². The lowest BCUT2D eigenvalue weighted by Gasteiger charge is -2.20. The first-order valence-electron chi connectivity index (χ1n) is 7.71. The highest BCUT2D eigenvalue weighted by molar-refractivity contribution is 5.93. The molecule has 1 aromatic carbocycles. The number of amides is 1. The Morgan fingerprint density at radius 1 is 1.36 bits per heavy atom. The minimum atomic E-state index is -4.79. The molecule has 0 aliphatic carbocycles. The maximum absolute atomic E-state index is 12.6. The number of fused-ring (bicyclic) bond motifs is 1. The van der Waals surface area contributed by atoms with E-state index >= 15 is 0 Å². The maximum atomic E-state index is 12.6. The van der Waals surface area contributed by atoms with E-state index in [1.54, 1.807) is 6.07 Å². The summed E-state index contributed by atoms with van der Waals surface area (Å²) in [7, 11) is 1.52. The molecule has 9 heteroatoms. The molecule has 1 aromatic heterocycles. The van der Waals surface area contributed by atoms with Crippen LogP contribution in [0.2, 0.25) is 0 Å². The minimum Gasteiger partial charge on any atom is -0.405 e. The van der Waals surface area contributed by atoms with Crippen LogP contribution in [-0.2, 0) is 19.5 Å². The third-order valence-electron chi connectivity index (χ3n) is 3.96. The van der Waals surface area contributed by atoms with Gasteiger partial charge in [-0.1, -0.05) is 18.2 Å². The molecule has 0 atom stereocenters. The first kappa shape index (κ1) is 17.3. The van der Waals surface area contributed by atoms with E-state index in [4.69, 9.17) is 0 Å². The molecule has 0 fully saturated rings. The summed E-state index contributed by atoms with van der Waals surface area (Å²) in [5.74, 6) is -0.677. The van der Waals surface area contributed by atoms with Crippen LogP contribution in [0.5, 0.6) is 5.75 Å². The molecule has 0 unspecified atom stereocenters. The van der Waals surface area contributed by atoms with Gasteiger partial charge in [0, 0.05) is 49.9 Å². The molecule has 1 aliphatic heterocycles. The predicted molar refractivity (Wildman–Crippen MR) is 82.9 cm³/mol. The highest BCUT2D eigenvalue weighted by Crippen LogP contribution is 2.27. The summed E-state index contributed by atoms with van der Waals surface area (Å²) in [4.78, 5) is 14.0. The number of benzene rings is 1. The van der Waals surface area contributed by atoms with E-state index in [9.17, 15) is 18.0 Å². The zero-order chi connectivity index (χ0) is 18.0. The molecule has 0 radical (unpaired) electrons. The Morgan fingerprint density at radius 2 is 2.12 bits per heavy atom. The van der Waals surface area contributed by atoms with Gasteiger partial charge in [0.1, 0.15) is 5.75 Å². The van der Waals surface area contributed by atoms with Gasteiger partial charge in [-0.2, -0.15) is 5.10 Å². The number of hydrogen-bond donors (Lipinski definition) is 2. The van der Waals surface area contributed by atoms with Gasteiger partial charge in [0.2, 0.25) is 0 Å². The lowest BCUT2D eigenvalue weighted by atomic mass is 10.1. The quantitative estimate of drug-likeness (QED) is 0.883. The van der Waals surface area contributed by atoms with E-state index in [1.807, 2.05) is 0 Å². The Kier molecular flexibility index (Phi) is 4.67. The first-order valence-corrected chi connectivity index (χ1v) is 7.71. The van der Waals surface area contributed by atoms with Gasteiger partial charge in [-0.25, -0.2) is 0 Å². The molecule has 0 saturated heterocycles. The SMILES string of the molecule is CN(Cc1ccccc1OC(F)(F)F)C(=O)c1n[nH]c2c1CNCC2. The van der Waals surface area contributed by atoms with Crippen molar-refractivity contribution in [3.05, 3.63) is 46.8 Å². The molecule has 0 saturated carbocycles. The fourth-order valence-electron chi connectivity index (χ4n) is 2.77. The zero-order valence-corrected chi connectivity index (χ0v) is 13.5. The second-order valence-electron chi connectivity index (χ2n) is 5.77. The summed E-state index contributed by atoms with van der Waals surface area (Å²) >= 11 is 0. The molecular formula is C16H17F3N4O2. The van der Waals surface area contributed by atoms with E-state index < -0.39 is 6.36 Å². The van der Waals surface area contributed by atoms with Crippen molar-refractivity contribution in [2.45, 2.75) is 25.9 Å². The van der Waals surface area contributed by atoms with Crippen molar-refractivity contribution < 1.29 is 22.7 Å². The molecule has 25 heavy (non-hydrogen) atoms. The monoisotopic (exact) mass is 354 g/mol. The Morgan fingerprint density at radius 3 is 2.88 bits per heavy atom. The van der Waals surface area contributed by atoms with E-state index in [1.165, 1.54) is 30.1 Å². The molecule has 2 heterocycles. The van der Waals surface area contributed by atoms with Crippen molar-refractivity contribution in [2.24, 2.45) is 0 Å². The fourth-order valence-corrected chi connectivity index (χ4v) is 2.77. The van der Waals surface area contributed by atoms with Crippen LogP contribution in [0.15, 0.2) is 24.3 Å². The summed E-state index contributed by atoms with van der Waals surface area (Å²) < 4.78 is 41.5. The molecule has 2 N–H and O–H groups in total. The van der Waals surface area contributed by atoms with Gasteiger partial charge in [0.15, 0.2) is 5.69 Å². The average molecular weight is 354 g/mol. The molecule has 3 rings (SSSR count). The van der Waals surface area contributed by atoms with Crippen LogP contribution >= 0.6 is 0 Å². The molecule has 1 aliphatic rings. The van der Waals surface area contributed by atoms with Crippen LogP contribution in [0.1, 0.15) is 27.3 Å². The van der Waals surface area contributed by atoms with Crippen molar-refractivity contribution >= 4 is 5.91 Å². The minimum absolute atomic E-state index is 0.0276. The molecular weight excluding hydrogens is 337 g/mol. The number of ether oxygens (including phenoxy) is 1. The number of carbonyl (C=O) groups excluding carboxylic acids is 1. The average Bonchev–Trinajstić information content (AvgIpc) is 2.98. The summed E-state index contributed by atoms with van der Waals surface area (Å²) in [6.07, 6.45) is -4.03. The summed E-state index contributed by atoms with van der Waals surface area (Å²) in [5.41, 5.74) is 2.27. The molecule has 2 aromatic rings. The number of nitrogens with zero attached hydrogens (tertiary/aromatic N) is 2. The summed E-state index contributed by atoms with van der Waals surface area (Å²) in [6, 6.07) is 5.76. The fraction of sp³-hybridized carbons (Fsp3) is 0.375. The van der Waals surface area contributed by atoms with Crippen LogP contribution < -0.4 is 10.1 Å². The van der Waals surface area contributed by atoms with Crippen LogP contribution in [0.25, 0.3) is 0 Å². The number of carbonyl (C=O) groups is 1. The summed E-state index contributed by atoms with van der Waals surface area (Å²) in [5, 5.41) is 10.1. The Balaban J connectivity index is 1.77. The normalized spacial score (nSPS) is 14.1. The lowest BCUT2D eigenvalue weighted by Crippen LogP contribution is -2.30. The van der Waals surface area contributed by atoms with Gasteiger partial charge >= 0.3 is 6.36 Å². The third-order valence-corrected chi connectivity index (χ3v) is 3.96. The second kappa shape index (κ2) is 6.75. The van der Waals surface area contributed by atoms with Gasteiger partial charge in [-0.15, -0.1) is 13.2 Å². The van der Waals surface area contributed by atoms with Crippen LogP contribution in [0.4, 0.5) is 13.2 Å². The lowest BCUT2D eigenvalue weighted by molar-refractivity contribution is -0.275. The van der Waals surface area contributed by atoms with Gasteiger partial charge in [-0.05, 0) is 6.07 Å². The Bertz CT molecular complexity index is 773. The molecule has 0 bridgehead atoms. The van der Waals surface area contributed by atoms with E-state index in [2.05, 4.69) is 20.3 Å². The highest BCUT2D eigenvalue weighted by atomic mass is 19.4. The highest BCUT2D eigenvalue weighted by Gasteiger charge is 2.32. The molecule has 6 nitrogen and oxygen atoms in total. The third kappa shape index (κ3) is 3.93. The van der Waals surface area contributed by atoms with Crippen LogP contribution in [0.3, 0.4) is 0 Å².